The third-order valence-corrected chi connectivity index (χ3v) is 7.40. The Kier molecular flexibility index (Phi) is 5.27. The number of nitrogens with one attached hydrogen (secondary N) is 2. The van der Waals surface area contributed by atoms with E-state index in [-0.39, 0.29) is 24.0 Å². The van der Waals surface area contributed by atoms with Crippen LogP contribution in [0.3, 0.4) is 0 Å². The number of H-pyrrole nitrogens is 2. The highest BCUT2D eigenvalue weighted by Crippen LogP contribution is 2.35. The molecule has 8 nitrogen and oxygen atoms in total. The van der Waals surface area contributed by atoms with E-state index in [9.17, 15) is 8.78 Å². The van der Waals surface area contributed by atoms with Crippen molar-refractivity contribution >= 4 is 33.3 Å². The molecule has 1 aliphatic rings. The lowest BCUT2D eigenvalue weighted by molar-refractivity contribution is 0.0115. The molecule has 6 aromatic heterocycles. The molecule has 6 aromatic rings. The van der Waals surface area contributed by atoms with Crippen LogP contribution in [0.1, 0.15) is 12.0 Å². The van der Waals surface area contributed by atoms with Crippen LogP contribution in [-0.2, 0) is 6.54 Å². The molecule has 190 valence electrons. The molecule has 12 heteroatoms. The van der Waals surface area contributed by atoms with Crippen LogP contribution in [0.15, 0.2) is 53.9 Å². The van der Waals surface area contributed by atoms with Gasteiger partial charge in [0.1, 0.15) is 16.9 Å². The number of rotatable bonds is 5. The maximum atomic E-state index is 16.0. The van der Waals surface area contributed by atoms with Gasteiger partial charge in [-0.1, -0.05) is 0 Å². The molecule has 38 heavy (non-hydrogen) atoms. The van der Waals surface area contributed by atoms with Crippen molar-refractivity contribution in [1.82, 2.24) is 40.0 Å². The monoisotopic (exact) mass is 532 g/mol. The number of pyridine rings is 3. The van der Waals surface area contributed by atoms with Gasteiger partial charge in [0.05, 0.1) is 35.4 Å². The Morgan fingerprint density at radius 3 is 2.74 bits per heavy atom. The summed E-state index contributed by atoms with van der Waals surface area (Å²) in [6, 6.07) is 3.73. The van der Waals surface area contributed by atoms with Crippen molar-refractivity contribution in [2.75, 3.05) is 13.1 Å². The fraction of sp³-hybridized carbons (Fsp3) is 0.192. The second kappa shape index (κ2) is 8.71. The zero-order valence-corrected chi connectivity index (χ0v) is 20.6. The normalized spacial score (nSPS) is 15.7. The van der Waals surface area contributed by atoms with E-state index in [0.29, 0.717) is 52.3 Å². The minimum atomic E-state index is -2.68. The van der Waals surface area contributed by atoms with Crippen LogP contribution in [0, 0.1) is 5.82 Å². The third-order valence-electron chi connectivity index (χ3n) is 6.72. The van der Waals surface area contributed by atoms with E-state index in [1.165, 1.54) is 12.4 Å². The molecule has 0 spiro atoms. The molecule has 7 heterocycles. The number of thiophene rings is 1. The van der Waals surface area contributed by atoms with Gasteiger partial charge in [0.2, 0.25) is 0 Å². The van der Waals surface area contributed by atoms with Crippen LogP contribution in [0.25, 0.3) is 55.8 Å². The smallest absolute Gasteiger partial charge is 0.261 e. The molecule has 0 amide bonds. The summed E-state index contributed by atoms with van der Waals surface area (Å²) < 4.78 is 43.2. The molecule has 1 aliphatic heterocycles. The molecule has 1 fully saturated rings. The average molecular weight is 533 g/mol. The highest BCUT2D eigenvalue weighted by atomic mass is 32.1. The number of fused-ring (bicyclic) bond motifs is 2. The van der Waals surface area contributed by atoms with E-state index in [4.69, 9.17) is 4.98 Å². The first-order valence-corrected chi connectivity index (χ1v) is 12.8. The molecular weight excluding hydrogens is 513 g/mol. The van der Waals surface area contributed by atoms with Crippen LogP contribution in [0.4, 0.5) is 13.2 Å². The quantitative estimate of drug-likeness (QED) is 0.297. The summed E-state index contributed by atoms with van der Waals surface area (Å²) in [6.07, 6.45) is 7.89. The minimum Gasteiger partial charge on any atom is -0.335 e. The number of halogens is 3. The zero-order chi connectivity index (χ0) is 25.9. The van der Waals surface area contributed by atoms with Gasteiger partial charge in [-0.2, -0.15) is 16.4 Å². The Bertz CT molecular complexity index is 1790. The summed E-state index contributed by atoms with van der Waals surface area (Å²) >= 11 is 1.58. The Morgan fingerprint density at radius 1 is 1.03 bits per heavy atom. The molecule has 0 atom stereocenters. The van der Waals surface area contributed by atoms with E-state index in [2.05, 4.69) is 30.1 Å². The van der Waals surface area contributed by atoms with Crippen molar-refractivity contribution in [2.45, 2.75) is 18.9 Å². The van der Waals surface area contributed by atoms with Gasteiger partial charge in [0.15, 0.2) is 11.6 Å². The maximum absolute atomic E-state index is 16.0. The molecule has 7 rings (SSSR count). The lowest BCUT2D eigenvalue weighted by atomic mass is 10.1. The summed E-state index contributed by atoms with van der Waals surface area (Å²) in [7, 11) is 0. The maximum Gasteiger partial charge on any atom is 0.261 e. The third kappa shape index (κ3) is 3.92. The fourth-order valence-corrected chi connectivity index (χ4v) is 5.58. The number of hydrogen-bond acceptors (Lipinski definition) is 7. The van der Waals surface area contributed by atoms with Gasteiger partial charge in [-0.15, -0.1) is 0 Å². The Hall–Kier alpha value is -4.16. The first kappa shape index (κ1) is 23.0. The molecule has 0 saturated carbocycles. The van der Waals surface area contributed by atoms with Crippen molar-refractivity contribution in [3.63, 3.8) is 0 Å². The van der Waals surface area contributed by atoms with Gasteiger partial charge in [-0.3, -0.25) is 25.0 Å². The number of likely N-dealkylation sites (tertiary alicyclic amines) is 1. The molecule has 0 unspecified atom stereocenters. The first-order valence-electron chi connectivity index (χ1n) is 11.9. The minimum absolute atomic E-state index is 0.0954. The summed E-state index contributed by atoms with van der Waals surface area (Å²) in [6.45, 7) is 0.307. The number of hydrogen-bond donors (Lipinski definition) is 2. The van der Waals surface area contributed by atoms with Crippen LogP contribution >= 0.6 is 11.3 Å². The van der Waals surface area contributed by atoms with Crippen molar-refractivity contribution in [3.05, 3.63) is 65.3 Å². The van der Waals surface area contributed by atoms with Crippen molar-refractivity contribution in [3.8, 4) is 33.9 Å². The summed E-state index contributed by atoms with van der Waals surface area (Å²) in [5.41, 5.74) is 5.28. The van der Waals surface area contributed by atoms with Crippen LogP contribution in [-0.4, -0.2) is 59.0 Å². The van der Waals surface area contributed by atoms with Crippen molar-refractivity contribution in [2.24, 2.45) is 0 Å². The van der Waals surface area contributed by atoms with E-state index in [1.807, 2.05) is 16.8 Å². The number of aromatic nitrogens is 7. The zero-order valence-electron chi connectivity index (χ0n) is 19.8. The van der Waals surface area contributed by atoms with Gasteiger partial charge in [0, 0.05) is 49.2 Å². The fourth-order valence-electron chi connectivity index (χ4n) is 4.93. The van der Waals surface area contributed by atoms with Gasteiger partial charge in [-0.25, -0.2) is 18.2 Å². The molecule has 0 bridgehead atoms. The van der Waals surface area contributed by atoms with E-state index in [1.54, 1.807) is 40.9 Å². The van der Waals surface area contributed by atoms with Gasteiger partial charge in [-0.05, 0) is 34.0 Å². The molecule has 0 aromatic carbocycles. The van der Waals surface area contributed by atoms with Crippen molar-refractivity contribution < 1.29 is 13.2 Å². The van der Waals surface area contributed by atoms with Crippen LogP contribution in [0.2, 0.25) is 0 Å². The Morgan fingerprint density at radius 2 is 1.92 bits per heavy atom. The molecular formula is C26H19F3N8S. The van der Waals surface area contributed by atoms with Crippen LogP contribution in [0.5, 0.6) is 0 Å². The summed E-state index contributed by atoms with van der Waals surface area (Å²) in [5, 5.41) is 11.4. The first-order chi connectivity index (χ1) is 18.4. The number of alkyl halides is 2. The number of nitrogens with zero attached hydrogens (tertiary/aromatic N) is 6. The average Bonchev–Trinajstić information content (AvgIpc) is 3.70. The molecule has 0 radical (unpaired) electrons. The van der Waals surface area contributed by atoms with E-state index in [0.717, 1.165) is 11.1 Å². The standard InChI is InChI=1S/C26H19F3N8S/c27-21-20-18(10-32-22(21)16-5-14(6-30-7-16)11-37-3-2-26(28,29)13-37)35-36-24(20)25-33-19-9-31-8-17(23(19)34-25)15-1-4-38-12-15/h1,4-10,12H,2-3,11,13H2,(H,33,34)(H,35,36). The Labute approximate surface area is 217 Å². The summed E-state index contributed by atoms with van der Waals surface area (Å²) in [4.78, 5) is 22.5. The number of aromatic amines is 2. The predicted octanol–water partition coefficient (Wildman–Crippen LogP) is 5.67. The second-order valence-corrected chi connectivity index (χ2v) is 10.1. The predicted molar refractivity (Wildman–Crippen MR) is 138 cm³/mol. The van der Waals surface area contributed by atoms with Crippen molar-refractivity contribution in [1.29, 1.82) is 0 Å². The Balaban J connectivity index is 1.28. The number of imidazole rings is 1. The van der Waals surface area contributed by atoms with E-state index >= 15 is 4.39 Å². The molecule has 1 saturated heterocycles. The topological polar surface area (TPSA) is 99.3 Å². The SMILES string of the molecule is Fc1c(-c2cncc(CN3CCC(F)(F)C3)c2)ncc2[nH]nc(-c3nc4c(-c5ccsc5)cncc4[nH]3)c12. The second-order valence-electron chi connectivity index (χ2n) is 9.36. The highest BCUT2D eigenvalue weighted by Gasteiger charge is 2.38. The van der Waals surface area contributed by atoms with Gasteiger partial charge < -0.3 is 4.98 Å². The van der Waals surface area contributed by atoms with Gasteiger partial charge >= 0.3 is 0 Å². The highest BCUT2D eigenvalue weighted by molar-refractivity contribution is 7.08. The molecule has 2 N–H and O–H groups in total. The summed E-state index contributed by atoms with van der Waals surface area (Å²) in [5.74, 6) is -2.86. The van der Waals surface area contributed by atoms with Gasteiger partial charge in [0.25, 0.3) is 5.92 Å². The largest absolute Gasteiger partial charge is 0.335 e. The lowest BCUT2D eigenvalue weighted by Crippen LogP contribution is -2.24. The van der Waals surface area contributed by atoms with E-state index < -0.39 is 11.7 Å². The van der Waals surface area contributed by atoms with Crippen LogP contribution < -0.4 is 0 Å². The molecule has 0 aliphatic carbocycles. The lowest BCUT2D eigenvalue weighted by Gasteiger charge is -2.15.